The molecule has 0 saturated heterocycles. The molecular weight excluding hydrogens is 137 g/mol. The fourth-order valence-corrected chi connectivity index (χ4v) is 2.98. The van der Waals surface area contributed by atoms with Crippen molar-refractivity contribution in [3.05, 3.63) is 0 Å². The molecule has 0 spiro atoms. The predicted molar refractivity (Wildman–Crippen MR) is 54.3 cm³/mol. The third-order valence-electron chi connectivity index (χ3n) is 1.79. The van der Waals surface area contributed by atoms with Crippen LogP contribution < -0.4 is 0 Å². The van der Waals surface area contributed by atoms with Gasteiger partial charge in [-0.2, -0.15) is 0 Å². The van der Waals surface area contributed by atoms with Crippen molar-refractivity contribution in [1.82, 2.24) is 4.90 Å². The van der Waals surface area contributed by atoms with Gasteiger partial charge in [-0.15, -0.1) is 0 Å². The Hall–Kier alpha value is 0.492. The molecule has 0 rings (SSSR count). The second-order valence-electron chi connectivity index (χ2n) is 3.73. The standard InChI is InChI=1S/C8H18N.Al.2H2.2H/c1-6-9(7(2)3)8(4)5;;;;;/h6-8H,1-5H3;;2*1H;;. The highest BCUT2D eigenvalue weighted by Crippen LogP contribution is 2.07. The monoisotopic (exact) mass is 161 g/mol. The Morgan fingerprint density at radius 3 is 1.30 bits per heavy atom. The molecule has 0 aliphatic heterocycles. The van der Waals surface area contributed by atoms with E-state index in [9.17, 15) is 0 Å². The largest absolute Gasteiger partial charge is 0.310 e. The zero-order valence-corrected chi connectivity index (χ0v) is 10.2. The summed E-state index contributed by atoms with van der Waals surface area (Å²) in [6.45, 7) is 11.4. The zero-order valence-electron chi connectivity index (χ0n) is 8.18. The van der Waals surface area contributed by atoms with Crippen molar-refractivity contribution in [2.75, 3.05) is 0 Å². The molecule has 0 N–H and O–H groups in total. The van der Waals surface area contributed by atoms with Gasteiger partial charge < -0.3 is 4.90 Å². The lowest BCUT2D eigenvalue weighted by atomic mass is 10.2. The molecule has 1 unspecified atom stereocenters. The van der Waals surface area contributed by atoms with Crippen LogP contribution in [0.15, 0.2) is 0 Å². The van der Waals surface area contributed by atoms with Crippen LogP contribution in [0.4, 0.5) is 0 Å². The van der Waals surface area contributed by atoms with Gasteiger partial charge in [0.15, 0.2) is 0 Å². The van der Waals surface area contributed by atoms with Crippen molar-refractivity contribution in [3.63, 3.8) is 0 Å². The van der Waals surface area contributed by atoms with Crippen molar-refractivity contribution in [2.24, 2.45) is 0 Å². The maximum Gasteiger partial charge on any atom is 0.239 e. The van der Waals surface area contributed by atoms with Crippen LogP contribution in [0.5, 0.6) is 0 Å². The summed E-state index contributed by atoms with van der Waals surface area (Å²) in [7, 11) is 0. The van der Waals surface area contributed by atoms with Crippen LogP contribution in [-0.4, -0.2) is 38.2 Å². The summed E-state index contributed by atoms with van der Waals surface area (Å²) in [5, 5.41) is 0. The van der Waals surface area contributed by atoms with Gasteiger partial charge in [0, 0.05) is 14.9 Å². The first-order valence-electron chi connectivity index (χ1n) is 4.24. The summed E-state index contributed by atoms with van der Waals surface area (Å²) in [6, 6.07) is 1.40. The van der Waals surface area contributed by atoms with Crippen molar-refractivity contribution in [2.45, 2.75) is 51.6 Å². The summed E-state index contributed by atoms with van der Waals surface area (Å²) < 4.78 is 0. The van der Waals surface area contributed by atoms with Crippen LogP contribution >= 0.6 is 0 Å². The van der Waals surface area contributed by atoms with E-state index in [0.29, 0.717) is 12.1 Å². The van der Waals surface area contributed by atoms with Crippen LogP contribution in [0, 0.1) is 0 Å². The molecule has 0 aromatic carbocycles. The van der Waals surface area contributed by atoms with E-state index in [2.05, 4.69) is 39.5 Å². The van der Waals surface area contributed by atoms with Crippen molar-refractivity contribution >= 4 is 16.3 Å². The third-order valence-corrected chi connectivity index (χ3v) is 2.39. The molecule has 0 aromatic heterocycles. The average molecular weight is 161 g/mol. The second-order valence-corrected chi connectivity index (χ2v) is 5.40. The van der Waals surface area contributed by atoms with E-state index in [4.69, 9.17) is 0 Å². The van der Waals surface area contributed by atoms with Crippen molar-refractivity contribution in [1.29, 1.82) is 0 Å². The summed E-state index contributed by atoms with van der Waals surface area (Å²) in [5.74, 6) is 0. The first-order valence-corrected chi connectivity index (χ1v) is 5.39. The number of rotatable bonds is 3. The van der Waals surface area contributed by atoms with Gasteiger partial charge in [-0.05, 0) is 32.6 Å². The van der Waals surface area contributed by atoms with Gasteiger partial charge in [-0.1, -0.05) is 6.92 Å². The van der Waals surface area contributed by atoms with Crippen LogP contribution in [0.2, 0.25) is 0 Å². The van der Waals surface area contributed by atoms with Gasteiger partial charge >= 0.3 is 0 Å². The molecule has 0 aliphatic carbocycles. The molecule has 0 amide bonds. The summed E-state index contributed by atoms with van der Waals surface area (Å²) >= 11 is 1.27. The smallest absolute Gasteiger partial charge is 0.239 e. The van der Waals surface area contributed by atoms with E-state index in [-0.39, 0.29) is 2.85 Å². The molecule has 0 fully saturated rings. The highest BCUT2D eigenvalue weighted by molar-refractivity contribution is 6.11. The summed E-state index contributed by atoms with van der Waals surface area (Å²) in [5.41, 5.74) is 0. The molecule has 0 radical (unpaired) electrons. The minimum atomic E-state index is 0. The minimum absolute atomic E-state index is 0. The molecule has 0 aliphatic rings. The molecule has 1 nitrogen and oxygen atoms in total. The van der Waals surface area contributed by atoms with E-state index in [0.717, 1.165) is 4.90 Å². The quantitative estimate of drug-likeness (QED) is 0.568. The Labute approximate surface area is 76.2 Å². The van der Waals surface area contributed by atoms with Crippen LogP contribution in [0.1, 0.15) is 37.5 Å². The topological polar surface area (TPSA) is 3.24 Å². The van der Waals surface area contributed by atoms with Crippen LogP contribution in [-0.2, 0) is 0 Å². The molecule has 0 aromatic rings. The molecule has 1 atom stereocenters. The van der Waals surface area contributed by atoms with Gasteiger partial charge in [0.25, 0.3) is 0 Å². The lowest BCUT2D eigenvalue weighted by Gasteiger charge is -2.34. The lowest BCUT2D eigenvalue weighted by molar-refractivity contribution is 0.164. The molecule has 2 heteroatoms. The van der Waals surface area contributed by atoms with E-state index < -0.39 is 0 Å². The first-order chi connectivity index (χ1) is 4.46. The Balaban J connectivity index is -0.000000405. The molecule has 0 saturated carbocycles. The maximum absolute atomic E-state index is 2.56. The normalized spacial score (nSPS) is 15.2. The summed E-state index contributed by atoms with van der Waals surface area (Å²) in [6.07, 6.45) is 0. The van der Waals surface area contributed by atoms with Gasteiger partial charge in [0.1, 0.15) is 0 Å². The summed E-state index contributed by atoms with van der Waals surface area (Å²) in [4.78, 5) is 3.37. The third kappa shape index (κ3) is 3.05. The lowest BCUT2D eigenvalue weighted by Crippen LogP contribution is -2.43. The van der Waals surface area contributed by atoms with Crippen molar-refractivity contribution < 1.29 is 2.85 Å². The van der Waals surface area contributed by atoms with Gasteiger partial charge in [0.2, 0.25) is 16.3 Å². The number of hydrogen-bond donors (Lipinski definition) is 0. The average Bonchev–Trinajstić information content (AvgIpc) is 1.59. The van der Waals surface area contributed by atoms with E-state index in [1.54, 1.807) is 0 Å². The highest BCUT2D eigenvalue weighted by atomic mass is 27.0. The van der Waals surface area contributed by atoms with Crippen molar-refractivity contribution in [3.8, 4) is 0 Å². The first kappa shape index (κ1) is 10.5. The fraction of sp³-hybridized carbons (Fsp3) is 1.00. The maximum atomic E-state index is 2.56. The van der Waals surface area contributed by atoms with Crippen LogP contribution in [0.3, 0.4) is 0 Å². The SMILES string of the molecule is CC(C)N(C(C)C)[CH](C)[AlH2].[HH].[HH]. The number of hydrogen-bond acceptors (Lipinski definition) is 1. The van der Waals surface area contributed by atoms with Gasteiger partial charge in [-0.25, -0.2) is 0 Å². The fourth-order valence-electron chi connectivity index (χ4n) is 1.79. The Morgan fingerprint density at radius 1 is 1.00 bits per heavy atom. The zero-order chi connectivity index (χ0) is 8.31. The van der Waals surface area contributed by atoms with E-state index >= 15 is 0 Å². The van der Waals surface area contributed by atoms with E-state index in [1.165, 1.54) is 16.3 Å². The van der Waals surface area contributed by atoms with Gasteiger partial charge in [-0.3, -0.25) is 0 Å². The number of nitrogens with zero attached hydrogens (tertiary/aromatic N) is 1. The molecule has 64 valence electrons. The Bertz CT molecular complexity index is 78.0. The highest BCUT2D eigenvalue weighted by Gasteiger charge is 2.15. The van der Waals surface area contributed by atoms with Crippen LogP contribution in [0.25, 0.3) is 0 Å². The second kappa shape index (κ2) is 4.39. The van der Waals surface area contributed by atoms with Gasteiger partial charge in [0.05, 0.1) is 0 Å². The molecular formula is C8H24AlN. The van der Waals surface area contributed by atoms with E-state index in [1.807, 2.05) is 0 Å². The molecule has 10 heavy (non-hydrogen) atoms. The minimum Gasteiger partial charge on any atom is -0.310 e. The Morgan fingerprint density at radius 2 is 1.30 bits per heavy atom. The predicted octanol–water partition coefficient (Wildman–Crippen LogP) is 1.58. The molecule has 0 heterocycles. The Kier molecular flexibility index (Phi) is 4.60. The molecule has 0 bridgehead atoms.